The van der Waals surface area contributed by atoms with Gasteiger partial charge in [-0.25, -0.2) is 9.78 Å². The van der Waals surface area contributed by atoms with Gasteiger partial charge in [0.1, 0.15) is 13.2 Å². The molecule has 0 N–H and O–H groups in total. The van der Waals surface area contributed by atoms with Crippen LogP contribution < -0.4 is 5.56 Å². The molecule has 0 aliphatic rings. The molecule has 0 radical (unpaired) electrons. The molecule has 2 aromatic carbocycles. The highest BCUT2D eigenvalue weighted by Gasteiger charge is 2.13. The Morgan fingerprint density at radius 1 is 1.24 bits per heavy atom. The summed E-state index contributed by atoms with van der Waals surface area (Å²) in [6.45, 7) is 1.54. The van der Waals surface area contributed by atoms with Gasteiger partial charge in [-0.1, -0.05) is 29.8 Å². The predicted octanol–water partition coefficient (Wildman–Crippen LogP) is 2.59. The van der Waals surface area contributed by atoms with E-state index in [2.05, 4.69) is 4.98 Å². The van der Waals surface area contributed by atoms with E-state index in [1.165, 1.54) is 4.57 Å². The lowest BCUT2D eigenvalue weighted by atomic mass is 10.1. The summed E-state index contributed by atoms with van der Waals surface area (Å²) in [4.78, 5) is 29.1. The molecule has 3 rings (SSSR count). The molecule has 0 amide bonds. The van der Waals surface area contributed by atoms with Crippen molar-refractivity contribution < 1.29 is 9.53 Å². The average molecular weight is 333 g/mol. The SMILES string of the molecule is Cc1cccc(C(=O)OCc2nc3ccccc3c(=O)n2CC#N)c1. The minimum Gasteiger partial charge on any atom is -0.454 e. The average Bonchev–Trinajstić information content (AvgIpc) is 2.62. The predicted molar refractivity (Wildman–Crippen MR) is 91.9 cm³/mol. The Kier molecular flexibility index (Phi) is 4.57. The number of para-hydroxylation sites is 1. The molecule has 25 heavy (non-hydrogen) atoms. The number of benzene rings is 2. The Balaban J connectivity index is 1.93. The van der Waals surface area contributed by atoms with Crippen LogP contribution in [-0.4, -0.2) is 15.5 Å². The molecule has 6 nitrogen and oxygen atoms in total. The minimum absolute atomic E-state index is 0.159. The quantitative estimate of drug-likeness (QED) is 0.685. The summed E-state index contributed by atoms with van der Waals surface area (Å²) in [5.74, 6) is -0.263. The van der Waals surface area contributed by atoms with Crippen LogP contribution in [0.5, 0.6) is 0 Å². The number of aryl methyl sites for hydroxylation is 1. The van der Waals surface area contributed by atoms with Crippen molar-refractivity contribution in [2.75, 3.05) is 0 Å². The molecule has 0 bridgehead atoms. The van der Waals surface area contributed by atoms with Gasteiger partial charge in [0.25, 0.3) is 5.56 Å². The van der Waals surface area contributed by atoms with Crippen molar-refractivity contribution in [3.8, 4) is 6.07 Å². The molecule has 0 saturated heterocycles. The third-order valence-electron chi connectivity index (χ3n) is 3.76. The van der Waals surface area contributed by atoms with Gasteiger partial charge in [-0.2, -0.15) is 5.26 Å². The van der Waals surface area contributed by atoms with E-state index in [-0.39, 0.29) is 24.5 Å². The lowest BCUT2D eigenvalue weighted by Crippen LogP contribution is -2.26. The zero-order valence-electron chi connectivity index (χ0n) is 13.6. The van der Waals surface area contributed by atoms with Crippen molar-refractivity contribution >= 4 is 16.9 Å². The summed E-state index contributed by atoms with van der Waals surface area (Å²) >= 11 is 0. The highest BCUT2D eigenvalue weighted by molar-refractivity contribution is 5.89. The Labute approximate surface area is 143 Å². The number of nitrogens with zero attached hydrogens (tertiary/aromatic N) is 3. The second kappa shape index (κ2) is 6.97. The van der Waals surface area contributed by atoms with Gasteiger partial charge < -0.3 is 4.74 Å². The van der Waals surface area contributed by atoms with E-state index in [1.807, 2.05) is 19.1 Å². The van der Waals surface area contributed by atoms with Crippen LogP contribution in [-0.2, 0) is 17.9 Å². The van der Waals surface area contributed by atoms with Crippen LogP contribution >= 0.6 is 0 Å². The molecule has 0 atom stereocenters. The van der Waals surface area contributed by atoms with Crippen molar-refractivity contribution in [3.63, 3.8) is 0 Å². The zero-order valence-corrected chi connectivity index (χ0v) is 13.6. The molecule has 0 fully saturated rings. The first-order valence-corrected chi connectivity index (χ1v) is 7.69. The molecular weight excluding hydrogens is 318 g/mol. The van der Waals surface area contributed by atoms with E-state index in [1.54, 1.807) is 42.5 Å². The number of ether oxygens (including phenoxy) is 1. The van der Waals surface area contributed by atoms with E-state index in [0.717, 1.165) is 5.56 Å². The number of hydrogen-bond acceptors (Lipinski definition) is 5. The number of carbonyl (C=O) groups excluding carboxylic acids is 1. The molecule has 124 valence electrons. The summed E-state index contributed by atoms with van der Waals surface area (Å²) in [7, 11) is 0. The summed E-state index contributed by atoms with van der Waals surface area (Å²) < 4.78 is 6.52. The van der Waals surface area contributed by atoms with Gasteiger partial charge in [-0.15, -0.1) is 0 Å². The largest absolute Gasteiger partial charge is 0.454 e. The molecular formula is C19H15N3O3. The molecule has 0 aliphatic heterocycles. The van der Waals surface area contributed by atoms with E-state index >= 15 is 0 Å². The lowest BCUT2D eigenvalue weighted by molar-refractivity contribution is 0.0457. The molecule has 0 spiro atoms. The number of aromatic nitrogens is 2. The van der Waals surface area contributed by atoms with Gasteiger partial charge in [-0.05, 0) is 31.2 Å². The number of rotatable bonds is 4. The fourth-order valence-corrected chi connectivity index (χ4v) is 2.54. The Morgan fingerprint density at radius 3 is 2.80 bits per heavy atom. The first kappa shape index (κ1) is 16.4. The normalized spacial score (nSPS) is 10.4. The molecule has 6 heteroatoms. The van der Waals surface area contributed by atoms with Crippen molar-refractivity contribution in [1.29, 1.82) is 5.26 Å². The minimum atomic E-state index is -0.505. The molecule has 3 aromatic rings. The monoisotopic (exact) mass is 333 g/mol. The lowest BCUT2D eigenvalue weighted by Gasteiger charge is -2.11. The van der Waals surface area contributed by atoms with Crippen LogP contribution in [0.3, 0.4) is 0 Å². The zero-order chi connectivity index (χ0) is 17.8. The van der Waals surface area contributed by atoms with Gasteiger partial charge in [0.2, 0.25) is 0 Å². The van der Waals surface area contributed by atoms with Gasteiger partial charge in [0.05, 0.1) is 22.5 Å². The van der Waals surface area contributed by atoms with Gasteiger partial charge in [0.15, 0.2) is 5.82 Å². The summed E-state index contributed by atoms with van der Waals surface area (Å²) in [6.07, 6.45) is 0. The summed E-state index contributed by atoms with van der Waals surface area (Å²) in [6, 6.07) is 15.8. The van der Waals surface area contributed by atoms with Crippen molar-refractivity contribution in [1.82, 2.24) is 9.55 Å². The van der Waals surface area contributed by atoms with Crippen LogP contribution in [0.2, 0.25) is 0 Å². The van der Waals surface area contributed by atoms with E-state index in [9.17, 15) is 9.59 Å². The Bertz CT molecular complexity index is 1050. The number of fused-ring (bicyclic) bond motifs is 1. The maximum Gasteiger partial charge on any atom is 0.338 e. The number of nitriles is 1. The van der Waals surface area contributed by atoms with E-state index in [0.29, 0.717) is 16.5 Å². The summed E-state index contributed by atoms with van der Waals surface area (Å²) in [5, 5.41) is 9.40. The van der Waals surface area contributed by atoms with Crippen molar-refractivity contribution in [3.05, 3.63) is 75.8 Å². The number of carbonyl (C=O) groups is 1. The molecule has 1 aromatic heterocycles. The third-order valence-corrected chi connectivity index (χ3v) is 3.76. The topological polar surface area (TPSA) is 85.0 Å². The second-order valence-corrected chi connectivity index (χ2v) is 5.54. The van der Waals surface area contributed by atoms with Gasteiger partial charge in [0, 0.05) is 0 Å². The summed E-state index contributed by atoms with van der Waals surface area (Å²) in [5.41, 5.74) is 1.55. The van der Waals surface area contributed by atoms with Gasteiger partial charge >= 0.3 is 5.97 Å². The van der Waals surface area contributed by atoms with Gasteiger partial charge in [-0.3, -0.25) is 9.36 Å². The first-order valence-electron chi connectivity index (χ1n) is 7.69. The second-order valence-electron chi connectivity index (χ2n) is 5.54. The van der Waals surface area contributed by atoms with Crippen LogP contribution in [0.4, 0.5) is 0 Å². The van der Waals surface area contributed by atoms with Crippen LogP contribution in [0.15, 0.2) is 53.3 Å². The Morgan fingerprint density at radius 2 is 2.04 bits per heavy atom. The third kappa shape index (κ3) is 3.40. The standard InChI is InChI=1S/C19H15N3O3/c1-13-5-4-6-14(11-13)19(24)25-12-17-21-16-8-3-2-7-15(16)18(23)22(17)10-9-20/h2-8,11H,10,12H2,1H3. The molecule has 0 saturated carbocycles. The first-order chi connectivity index (χ1) is 12.1. The van der Waals surface area contributed by atoms with Crippen LogP contribution in [0.1, 0.15) is 21.7 Å². The maximum absolute atomic E-state index is 12.5. The maximum atomic E-state index is 12.5. The molecule has 0 aliphatic carbocycles. The van der Waals surface area contributed by atoms with Crippen molar-refractivity contribution in [2.24, 2.45) is 0 Å². The highest BCUT2D eigenvalue weighted by atomic mass is 16.5. The smallest absolute Gasteiger partial charge is 0.338 e. The van der Waals surface area contributed by atoms with Crippen LogP contribution in [0, 0.1) is 18.3 Å². The van der Waals surface area contributed by atoms with E-state index < -0.39 is 5.97 Å². The fourth-order valence-electron chi connectivity index (χ4n) is 2.54. The highest BCUT2D eigenvalue weighted by Crippen LogP contribution is 2.11. The van der Waals surface area contributed by atoms with Crippen molar-refractivity contribution in [2.45, 2.75) is 20.1 Å². The number of hydrogen-bond donors (Lipinski definition) is 0. The molecule has 1 heterocycles. The van der Waals surface area contributed by atoms with E-state index in [4.69, 9.17) is 10.00 Å². The Hall–Kier alpha value is -3.46. The molecule has 0 unspecified atom stereocenters. The number of esters is 1. The van der Waals surface area contributed by atoms with Crippen LogP contribution in [0.25, 0.3) is 10.9 Å². The fraction of sp³-hybridized carbons (Fsp3) is 0.158.